The SMILES string of the molecule is CC(C)(C)C(=O)N1CCN2[C@H](CN(C(=O)c3ccc(Cl)cc3)CC2(C)C)C1. The normalized spacial score (nSPS) is 23.1. The van der Waals surface area contributed by atoms with E-state index in [0.29, 0.717) is 30.2 Å². The summed E-state index contributed by atoms with van der Waals surface area (Å²) in [6.07, 6.45) is 0. The Morgan fingerprint density at radius 1 is 1.04 bits per heavy atom. The molecule has 27 heavy (non-hydrogen) atoms. The third-order valence-electron chi connectivity index (χ3n) is 5.58. The quantitative estimate of drug-likeness (QED) is 0.738. The topological polar surface area (TPSA) is 43.9 Å². The summed E-state index contributed by atoms with van der Waals surface area (Å²) < 4.78 is 0. The number of carbonyl (C=O) groups excluding carboxylic acids is 2. The predicted molar refractivity (Wildman–Crippen MR) is 108 cm³/mol. The second-order valence-corrected chi connectivity index (χ2v) is 9.79. The van der Waals surface area contributed by atoms with Crippen LogP contribution in [0.15, 0.2) is 24.3 Å². The van der Waals surface area contributed by atoms with E-state index in [1.807, 2.05) is 30.6 Å². The fourth-order valence-corrected chi connectivity index (χ4v) is 4.40. The molecule has 0 bridgehead atoms. The molecular formula is C21H30ClN3O2. The molecule has 1 aromatic carbocycles. The van der Waals surface area contributed by atoms with Crippen LogP contribution in [0.5, 0.6) is 0 Å². The van der Waals surface area contributed by atoms with Crippen molar-refractivity contribution in [3.8, 4) is 0 Å². The Bertz CT molecular complexity index is 724. The first-order valence-electron chi connectivity index (χ1n) is 9.60. The van der Waals surface area contributed by atoms with E-state index in [1.165, 1.54) is 0 Å². The first-order chi connectivity index (χ1) is 12.5. The Balaban J connectivity index is 1.78. The summed E-state index contributed by atoms with van der Waals surface area (Å²) in [6, 6.07) is 7.21. The van der Waals surface area contributed by atoms with Crippen LogP contribution in [0.2, 0.25) is 5.02 Å². The summed E-state index contributed by atoms with van der Waals surface area (Å²) in [4.78, 5) is 32.1. The Kier molecular flexibility index (Phi) is 5.30. The van der Waals surface area contributed by atoms with Crippen LogP contribution in [0.4, 0.5) is 0 Å². The number of fused-ring (bicyclic) bond motifs is 1. The third kappa shape index (κ3) is 4.14. The van der Waals surface area contributed by atoms with Crippen LogP contribution in [-0.4, -0.2) is 70.8 Å². The summed E-state index contributed by atoms with van der Waals surface area (Å²) in [5, 5.41) is 0.625. The average molecular weight is 392 g/mol. The lowest BCUT2D eigenvalue weighted by molar-refractivity contribution is -0.146. The minimum atomic E-state index is -0.384. The highest BCUT2D eigenvalue weighted by atomic mass is 35.5. The number of nitrogens with zero attached hydrogens (tertiary/aromatic N) is 3. The van der Waals surface area contributed by atoms with Crippen LogP contribution in [-0.2, 0) is 4.79 Å². The molecule has 0 aromatic heterocycles. The minimum Gasteiger partial charge on any atom is -0.339 e. The Hall–Kier alpha value is -1.59. The lowest BCUT2D eigenvalue weighted by atomic mass is 9.90. The van der Waals surface area contributed by atoms with E-state index in [2.05, 4.69) is 18.7 Å². The molecule has 0 aliphatic carbocycles. The largest absolute Gasteiger partial charge is 0.339 e. The zero-order chi connectivity index (χ0) is 20.0. The van der Waals surface area contributed by atoms with E-state index in [4.69, 9.17) is 11.6 Å². The average Bonchev–Trinajstić information content (AvgIpc) is 2.59. The molecule has 2 amide bonds. The van der Waals surface area contributed by atoms with E-state index in [9.17, 15) is 9.59 Å². The van der Waals surface area contributed by atoms with Gasteiger partial charge in [0.1, 0.15) is 0 Å². The van der Waals surface area contributed by atoms with Gasteiger partial charge in [-0.05, 0) is 38.1 Å². The third-order valence-corrected chi connectivity index (χ3v) is 5.83. The molecule has 2 heterocycles. The van der Waals surface area contributed by atoms with Crippen molar-refractivity contribution in [1.29, 1.82) is 0 Å². The first-order valence-corrected chi connectivity index (χ1v) is 9.98. The van der Waals surface area contributed by atoms with Crippen LogP contribution < -0.4 is 0 Å². The van der Waals surface area contributed by atoms with Crippen LogP contribution in [0, 0.1) is 5.41 Å². The molecule has 148 valence electrons. The van der Waals surface area contributed by atoms with Gasteiger partial charge in [-0.3, -0.25) is 14.5 Å². The standard InChI is InChI=1S/C21H30ClN3O2/c1-20(2,3)19(27)23-10-11-25-17(12-23)13-24(14-21(25,4)5)18(26)15-6-8-16(22)9-7-15/h6-9,17H,10-14H2,1-5H3/t17-/m0/s1. The predicted octanol–water partition coefficient (Wildman–Crippen LogP) is 3.13. The molecule has 0 unspecified atom stereocenters. The maximum atomic E-state index is 13.0. The molecule has 1 atom stereocenters. The highest BCUT2D eigenvalue weighted by Crippen LogP contribution is 2.30. The number of amides is 2. The second-order valence-electron chi connectivity index (χ2n) is 9.35. The smallest absolute Gasteiger partial charge is 0.253 e. The van der Waals surface area contributed by atoms with Crippen molar-refractivity contribution < 1.29 is 9.59 Å². The molecule has 2 aliphatic rings. The van der Waals surface area contributed by atoms with Crippen LogP contribution in [0.3, 0.4) is 0 Å². The van der Waals surface area contributed by atoms with Gasteiger partial charge in [-0.1, -0.05) is 32.4 Å². The molecule has 0 N–H and O–H groups in total. The molecular weight excluding hydrogens is 362 g/mol. The fraction of sp³-hybridized carbons (Fsp3) is 0.619. The molecule has 1 aromatic rings. The van der Waals surface area contributed by atoms with Crippen molar-refractivity contribution in [1.82, 2.24) is 14.7 Å². The number of hydrogen-bond acceptors (Lipinski definition) is 3. The van der Waals surface area contributed by atoms with Crippen molar-refractivity contribution in [3.05, 3.63) is 34.9 Å². The van der Waals surface area contributed by atoms with Crippen LogP contribution in [0.1, 0.15) is 45.0 Å². The molecule has 0 radical (unpaired) electrons. The Morgan fingerprint density at radius 2 is 1.63 bits per heavy atom. The summed E-state index contributed by atoms with van der Waals surface area (Å²) in [5.74, 6) is 0.208. The van der Waals surface area contributed by atoms with Crippen molar-refractivity contribution in [3.63, 3.8) is 0 Å². The summed E-state index contributed by atoms with van der Waals surface area (Å²) in [5.41, 5.74) is 0.148. The minimum absolute atomic E-state index is 0.0265. The molecule has 2 fully saturated rings. The van der Waals surface area contributed by atoms with Gasteiger partial charge in [-0.2, -0.15) is 0 Å². The summed E-state index contributed by atoms with van der Waals surface area (Å²) in [7, 11) is 0. The van der Waals surface area contributed by atoms with Gasteiger partial charge in [-0.15, -0.1) is 0 Å². The molecule has 5 nitrogen and oxygen atoms in total. The van der Waals surface area contributed by atoms with Gasteiger partial charge in [0, 0.05) is 60.3 Å². The summed E-state index contributed by atoms with van der Waals surface area (Å²) in [6.45, 7) is 13.8. The Morgan fingerprint density at radius 3 is 2.22 bits per heavy atom. The zero-order valence-corrected chi connectivity index (χ0v) is 17.7. The van der Waals surface area contributed by atoms with Gasteiger partial charge < -0.3 is 9.80 Å². The number of carbonyl (C=O) groups is 2. The number of halogens is 1. The highest BCUT2D eigenvalue weighted by molar-refractivity contribution is 6.30. The second kappa shape index (κ2) is 7.10. The fourth-order valence-electron chi connectivity index (χ4n) is 4.27. The molecule has 0 spiro atoms. The lowest BCUT2D eigenvalue weighted by Crippen LogP contribution is -2.71. The number of rotatable bonds is 1. The van der Waals surface area contributed by atoms with Gasteiger partial charge in [-0.25, -0.2) is 0 Å². The van der Waals surface area contributed by atoms with Gasteiger partial charge in [0.05, 0.1) is 0 Å². The van der Waals surface area contributed by atoms with Gasteiger partial charge >= 0.3 is 0 Å². The number of benzene rings is 1. The monoisotopic (exact) mass is 391 g/mol. The maximum absolute atomic E-state index is 13.0. The van der Waals surface area contributed by atoms with Gasteiger partial charge in [0.25, 0.3) is 5.91 Å². The first kappa shape index (κ1) is 20.2. The van der Waals surface area contributed by atoms with Crippen molar-refractivity contribution in [2.75, 3.05) is 32.7 Å². The summed E-state index contributed by atoms with van der Waals surface area (Å²) >= 11 is 5.95. The zero-order valence-electron chi connectivity index (χ0n) is 17.0. The van der Waals surface area contributed by atoms with E-state index >= 15 is 0 Å². The van der Waals surface area contributed by atoms with Gasteiger partial charge in [0.15, 0.2) is 0 Å². The lowest BCUT2D eigenvalue weighted by Gasteiger charge is -2.55. The van der Waals surface area contributed by atoms with Crippen molar-refractivity contribution in [2.45, 2.75) is 46.2 Å². The van der Waals surface area contributed by atoms with E-state index in [0.717, 1.165) is 13.1 Å². The molecule has 2 saturated heterocycles. The molecule has 0 saturated carbocycles. The van der Waals surface area contributed by atoms with E-state index in [1.54, 1.807) is 24.3 Å². The maximum Gasteiger partial charge on any atom is 0.253 e. The van der Waals surface area contributed by atoms with Crippen molar-refractivity contribution >= 4 is 23.4 Å². The molecule has 2 aliphatic heterocycles. The molecule has 3 rings (SSSR count). The van der Waals surface area contributed by atoms with Crippen molar-refractivity contribution in [2.24, 2.45) is 5.41 Å². The number of hydrogen-bond donors (Lipinski definition) is 0. The van der Waals surface area contributed by atoms with Crippen LogP contribution in [0.25, 0.3) is 0 Å². The van der Waals surface area contributed by atoms with Crippen LogP contribution >= 0.6 is 11.6 Å². The Labute approximate surface area is 167 Å². The van der Waals surface area contributed by atoms with E-state index < -0.39 is 0 Å². The van der Waals surface area contributed by atoms with Gasteiger partial charge in [0.2, 0.25) is 5.91 Å². The van der Waals surface area contributed by atoms with E-state index in [-0.39, 0.29) is 28.8 Å². The highest BCUT2D eigenvalue weighted by Gasteiger charge is 2.45. The molecule has 6 heteroatoms. The number of piperazine rings is 2.